The number of hydrogen-bond acceptors (Lipinski definition) is 5. The summed E-state index contributed by atoms with van der Waals surface area (Å²) in [7, 11) is 0. The largest absolute Gasteiger partial charge is 0.461 e. The van der Waals surface area contributed by atoms with Crippen molar-refractivity contribution in [3.8, 4) is 0 Å². The van der Waals surface area contributed by atoms with Gasteiger partial charge in [-0.25, -0.2) is 9.59 Å². The maximum Gasteiger partial charge on any atom is 0.334 e. The first-order valence-electron chi connectivity index (χ1n) is 6.15. The van der Waals surface area contributed by atoms with Crippen molar-refractivity contribution < 1.29 is 19.1 Å². The van der Waals surface area contributed by atoms with Crippen LogP contribution in [0, 0.1) is 0 Å². The highest BCUT2D eigenvalue weighted by molar-refractivity contribution is 5.87. The van der Waals surface area contributed by atoms with Gasteiger partial charge < -0.3 is 9.47 Å². The molecule has 0 N–H and O–H groups in total. The van der Waals surface area contributed by atoms with Crippen LogP contribution in [0.4, 0.5) is 0 Å². The zero-order valence-corrected chi connectivity index (χ0v) is 12.2. The quantitative estimate of drug-likeness (QED) is 0.382. The van der Waals surface area contributed by atoms with Crippen molar-refractivity contribution in [3.05, 3.63) is 24.3 Å². The molecule has 0 aromatic carbocycles. The van der Waals surface area contributed by atoms with Crippen molar-refractivity contribution in [1.29, 1.82) is 0 Å². The third-order valence-corrected chi connectivity index (χ3v) is 2.40. The summed E-state index contributed by atoms with van der Waals surface area (Å²) in [6.07, 6.45) is 0. The summed E-state index contributed by atoms with van der Waals surface area (Å²) >= 11 is 0. The highest BCUT2D eigenvalue weighted by atomic mass is 16.5. The number of carbonyl (C=O) groups excluding carboxylic acids is 2. The lowest BCUT2D eigenvalue weighted by Crippen LogP contribution is -2.37. The summed E-state index contributed by atoms with van der Waals surface area (Å²) in [4.78, 5) is 24.4. The maximum atomic E-state index is 11.3. The standard InChI is InChI=1S/C14H23NO4/c1-10(2)13(16)18-8-7-15(12(5)6)9-19-14(17)11(3)4/h12H,1,3,7-9H2,2,4-6H3. The topological polar surface area (TPSA) is 55.8 Å². The molecule has 0 aliphatic carbocycles. The molecule has 0 heterocycles. The fourth-order valence-electron chi connectivity index (χ4n) is 1.12. The van der Waals surface area contributed by atoms with E-state index in [0.29, 0.717) is 17.7 Å². The van der Waals surface area contributed by atoms with E-state index in [1.54, 1.807) is 13.8 Å². The molecule has 0 atom stereocenters. The molecule has 0 radical (unpaired) electrons. The first-order chi connectivity index (χ1) is 8.75. The molecule has 5 nitrogen and oxygen atoms in total. The average molecular weight is 269 g/mol. The molecule has 0 saturated heterocycles. The molecule has 0 fully saturated rings. The molecular weight excluding hydrogens is 246 g/mol. The molecule has 0 bridgehead atoms. The minimum absolute atomic E-state index is 0.147. The average Bonchev–Trinajstić information content (AvgIpc) is 2.31. The van der Waals surface area contributed by atoms with Crippen LogP contribution in [0.25, 0.3) is 0 Å². The van der Waals surface area contributed by atoms with E-state index in [2.05, 4.69) is 13.2 Å². The van der Waals surface area contributed by atoms with Crippen molar-refractivity contribution in [2.24, 2.45) is 0 Å². The molecule has 0 aliphatic rings. The van der Waals surface area contributed by atoms with E-state index in [9.17, 15) is 9.59 Å². The highest BCUT2D eigenvalue weighted by Crippen LogP contribution is 2.01. The fourth-order valence-corrected chi connectivity index (χ4v) is 1.12. The molecule has 0 saturated carbocycles. The van der Waals surface area contributed by atoms with E-state index in [-0.39, 0.29) is 19.4 Å². The molecule has 19 heavy (non-hydrogen) atoms. The molecule has 108 valence electrons. The minimum atomic E-state index is -0.426. The van der Waals surface area contributed by atoms with Gasteiger partial charge in [0, 0.05) is 23.7 Å². The molecule has 0 aromatic rings. The first kappa shape index (κ1) is 17.4. The number of nitrogens with zero attached hydrogens (tertiary/aromatic N) is 1. The van der Waals surface area contributed by atoms with Crippen molar-refractivity contribution in [2.75, 3.05) is 19.9 Å². The lowest BCUT2D eigenvalue weighted by molar-refractivity contribution is -0.147. The predicted octanol–water partition coefficient (Wildman–Crippen LogP) is 1.89. The van der Waals surface area contributed by atoms with Gasteiger partial charge in [-0.3, -0.25) is 4.90 Å². The third-order valence-electron chi connectivity index (χ3n) is 2.40. The Labute approximate surface area is 114 Å². The molecular formula is C14H23NO4. The monoisotopic (exact) mass is 269 g/mol. The summed E-state index contributed by atoms with van der Waals surface area (Å²) in [5.74, 6) is -0.841. The minimum Gasteiger partial charge on any atom is -0.461 e. The van der Waals surface area contributed by atoms with E-state index in [1.807, 2.05) is 18.7 Å². The van der Waals surface area contributed by atoms with Crippen LogP contribution in [-0.2, 0) is 19.1 Å². The molecule has 0 aliphatic heterocycles. The van der Waals surface area contributed by atoms with Gasteiger partial charge >= 0.3 is 11.9 Å². The van der Waals surface area contributed by atoms with Crippen LogP contribution in [0.1, 0.15) is 27.7 Å². The fraction of sp³-hybridized carbons (Fsp3) is 0.571. The van der Waals surface area contributed by atoms with E-state index < -0.39 is 11.9 Å². The summed E-state index contributed by atoms with van der Waals surface area (Å²) in [5, 5.41) is 0. The van der Waals surface area contributed by atoms with Gasteiger partial charge in [0.1, 0.15) is 13.3 Å². The number of hydrogen-bond donors (Lipinski definition) is 0. The van der Waals surface area contributed by atoms with Gasteiger partial charge in [-0.15, -0.1) is 0 Å². The zero-order chi connectivity index (χ0) is 15.0. The Bertz CT molecular complexity index is 360. The van der Waals surface area contributed by atoms with Crippen LogP contribution in [0.5, 0.6) is 0 Å². The van der Waals surface area contributed by atoms with Gasteiger partial charge in [0.25, 0.3) is 0 Å². The van der Waals surface area contributed by atoms with Crippen LogP contribution in [0.3, 0.4) is 0 Å². The Morgan fingerprint density at radius 3 is 1.95 bits per heavy atom. The van der Waals surface area contributed by atoms with Gasteiger partial charge in [0.05, 0.1) is 0 Å². The zero-order valence-electron chi connectivity index (χ0n) is 12.2. The Balaban J connectivity index is 4.13. The summed E-state index contributed by atoms with van der Waals surface area (Å²) in [6, 6.07) is 0.168. The van der Waals surface area contributed by atoms with E-state index in [4.69, 9.17) is 9.47 Å². The van der Waals surface area contributed by atoms with Crippen molar-refractivity contribution in [3.63, 3.8) is 0 Å². The van der Waals surface area contributed by atoms with E-state index in [0.717, 1.165) is 0 Å². The first-order valence-corrected chi connectivity index (χ1v) is 6.15. The second-order valence-corrected chi connectivity index (χ2v) is 4.66. The molecule has 5 heteroatoms. The molecule has 0 rings (SSSR count). The van der Waals surface area contributed by atoms with Crippen LogP contribution in [-0.4, -0.2) is 42.8 Å². The van der Waals surface area contributed by atoms with Gasteiger partial charge in [-0.05, 0) is 27.7 Å². The summed E-state index contributed by atoms with van der Waals surface area (Å²) in [6.45, 7) is 15.0. The highest BCUT2D eigenvalue weighted by Gasteiger charge is 2.13. The second kappa shape index (κ2) is 8.48. The van der Waals surface area contributed by atoms with E-state index in [1.165, 1.54) is 0 Å². The third kappa shape index (κ3) is 7.41. The summed E-state index contributed by atoms with van der Waals surface area (Å²) in [5.41, 5.74) is 0.724. The van der Waals surface area contributed by atoms with Gasteiger partial charge in [0.15, 0.2) is 0 Å². The molecule has 0 aromatic heterocycles. The van der Waals surface area contributed by atoms with Crippen molar-refractivity contribution in [2.45, 2.75) is 33.7 Å². The Kier molecular flexibility index (Phi) is 7.75. The molecule has 0 unspecified atom stereocenters. The van der Waals surface area contributed by atoms with Crippen molar-refractivity contribution in [1.82, 2.24) is 4.90 Å². The Hall–Kier alpha value is -1.62. The number of ether oxygens (including phenoxy) is 2. The lowest BCUT2D eigenvalue weighted by atomic mass is 10.3. The van der Waals surface area contributed by atoms with Crippen molar-refractivity contribution >= 4 is 11.9 Å². The van der Waals surface area contributed by atoms with Crippen LogP contribution in [0.15, 0.2) is 24.3 Å². The maximum absolute atomic E-state index is 11.3. The smallest absolute Gasteiger partial charge is 0.334 e. The van der Waals surface area contributed by atoms with E-state index >= 15 is 0 Å². The van der Waals surface area contributed by atoms with Crippen LogP contribution in [0.2, 0.25) is 0 Å². The normalized spacial score (nSPS) is 10.4. The number of carbonyl (C=O) groups is 2. The second-order valence-electron chi connectivity index (χ2n) is 4.66. The predicted molar refractivity (Wildman–Crippen MR) is 73.4 cm³/mol. The number of rotatable bonds is 8. The van der Waals surface area contributed by atoms with Crippen LogP contribution < -0.4 is 0 Å². The molecule has 0 amide bonds. The molecule has 0 spiro atoms. The number of esters is 2. The van der Waals surface area contributed by atoms with Gasteiger partial charge in [-0.2, -0.15) is 0 Å². The van der Waals surface area contributed by atoms with Gasteiger partial charge in [-0.1, -0.05) is 13.2 Å². The van der Waals surface area contributed by atoms with Gasteiger partial charge in [0.2, 0.25) is 0 Å². The SMILES string of the molecule is C=C(C)C(=O)OCCN(COC(=O)C(=C)C)C(C)C. The van der Waals surface area contributed by atoms with Crippen LogP contribution >= 0.6 is 0 Å². The lowest BCUT2D eigenvalue weighted by Gasteiger charge is -2.25. The Morgan fingerprint density at radius 2 is 1.53 bits per heavy atom. The Morgan fingerprint density at radius 1 is 1.05 bits per heavy atom. The summed E-state index contributed by atoms with van der Waals surface area (Å²) < 4.78 is 10.1.